The van der Waals surface area contributed by atoms with Crippen LogP contribution in [0.3, 0.4) is 0 Å². The van der Waals surface area contributed by atoms with Crippen molar-refractivity contribution in [3.05, 3.63) is 57.9 Å². The Hall–Kier alpha value is -1.43. The monoisotopic (exact) mass is 337 g/mol. The number of anilines is 1. The third-order valence-electron chi connectivity index (χ3n) is 2.30. The second-order valence-corrected chi connectivity index (χ2v) is 4.80. The van der Waals surface area contributed by atoms with Crippen molar-refractivity contribution in [2.24, 2.45) is 5.10 Å². The van der Waals surface area contributed by atoms with Crippen LogP contribution >= 0.6 is 22.6 Å². The van der Waals surface area contributed by atoms with Gasteiger partial charge in [-0.1, -0.05) is 0 Å². The maximum absolute atomic E-state index is 4.33. The summed E-state index contributed by atoms with van der Waals surface area (Å²) in [5.41, 5.74) is 6.02. The molecule has 0 aliphatic heterocycles. The van der Waals surface area contributed by atoms with Crippen molar-refractivity contribution < 1.29 is 0 Å². The minimum atomic E-state index is 0.936. The van der Waals surface area contributed by atoms with Crippen molar-refractivity contribution in [3.8, 4) is 0 Å². The smallest absolute Gasteiger partial charge is 0.0649 e. The molecule has 4 heteroatoms. The number of nitrogens with one attached hydrogen (secondary N) is 1. The molecule has 1 heterocycles. The van der Waals surface area contributed by atoms with E-state index in [-0.39, 0.29) is 0 Å². The molecule has 86 valence electrons. The number of rotatable bonds is 3. The summed E-state index contributed by atoms with van der Waals surface area (Å²) in [4.78, 5) is 3.98. The van der Waals surface area contributed by atoms with Gasteiger partial charge in [0.05, 0.1) is 11.4 Å². The van der Waals surface area contributed by atoms with E-state index in [2.05, 4.69) is 38.1 Å². The fraction of sp³-hybridized carbons (Fsp3) is 0.0769. The Labute approximate surface area is 114 Å². The van der Waals surface area contributed by atoms with E-state index in [0.29, 0.717) is 0 Å². The fourth-order valence-corrected chi connectivity index (χ4v) is 1.69. The number of benzene rings is 1. The highest BCUT2D eigenvalue weighted by atomic mass is 127. The summed E-state index contributed by atoms with van der Waals surface area (Å²) in [7, 11) is 0. The van der Waals surface area contributed by atoms with Crippen molar-refractivity contribution in [3.63, 3.8) is 0 Å². The molecule has 1 aromatic carbocycles. The molecule has 0 aliphatic carbocycles. The topological polar surface area (TPSA) is 37.3 Å². The zero-order chi connectivity index (χ0) is 12.1. The second kappa shape index (κ2) is 5.77. The normalized spacial score (nSPS) is 11.3. The molecule has 2 rings (SSSR count). The van der Waals surface area contributed by atoms with E-state index in [0.717, 1.165) is 17.0 Å². The van der Waals surface area contributed by atoms with E-state index in [1.807, 2.05) is 43.3 Å². The molecular formula is C13H12IN3. The van der Waals surface area contributed by atoms with E-state index in [1.54, 1.807) is 12.4 Å². The van der Waals surface area contributed by atoms with Crippen LogP contribution in [-0.4, -0.2) is 10.7 Å². The Morgan fingerprint density at radius 2 is 1.76 bits per heavy atom. The number of aromatic nitrogens is 1. The predicted octanol–water partition coefficient (Wildman–Crippen LogP) is 3.52. The van der Waals surface area contributed by atoms with Gasteiger partial charge in [0, 0.05) is 21.5 Å². The average molecular weight is 337 g/mol. The molecular weight excluding hydrogens is 325 g/mol. The van der Waals surface area contributed by atoms with Crippen LogP contribution in [0.4, 0.5) is 5.69 Å². The minimum absolute atomic E-state index is 0.936. The largest absolute Gasteiger partial charge is 0.278 e. The van der Waals surface area contributed by atoms with Crippen LogP contribution < -0.4 is 5.43 Å². The van der Waals surface area contributed by atoms with E-state index < -0.39 is 0 Å². The first-order valence-corrected chi connectivity index (χ1v) is 6.30. The Balaban J connectivity index is 2.08. The molecule has 1 N–H and O–H groups in total. The van der Waals surface area contributed by atoms with Crippen molar-refractivity contribution >= 4 is 34.0 Å². The molecule has 0 aliphatic rings. The number of hydrogen-bond acceptors (Lipinski definition) is 3. The number of halogens is 1. The molecule has 0 atom stereocenters. The first-order valence-electron chi connectivity index (χ1n) is 5.22. The molecule has 17 heavy (non-hydrogen) atoms. The van der Waals surface area contributed by atoms with Gasteiger partial charge in [-0.2, -0.15) is 5.10 Å². The molecule has 0 fully saturated rings. The van der Waals surface area contributed by atoms with Crippen LogP contribution in [0.2, 0.25) is 0 Å². The first kappa shape index (κ1) is 12.0. The van der Waals surface area contributed by atoms with Crippen LogP contribution in [0.5, 0.6) is 0 Å². The molecule has 2 aromatic rings. The minimum Gasteiger partial charge on any atom is -0.278 e. The van der Waals surface area contributed by atoms with Gasteiger partial charge in [0.15, 0.2) is 0 Å². The number of hydrogen-bond donors (Lipinski definition) is 1. The van der Waals surface area contributed by atoms with Crippen LogP contribution in [0.1, 0.15) is 12.5 Å². The zero-order valence-electron chi connectivity index (χ0n) is 9.39. The van der Waals surface area contributed by atoms with Crippen molar-refractivity contribution in [1.82, 2.24) is 4.98 Å². The Bertz CT molecular complexity index is 506. The SMILES string of the molecule is CC(=NNc1ccc(I)cc1)c1ccncc1. The summed E-state index contributed by atoms with van der Waals surface area (Å²) in [6.07, 6.45) is 3.53. The summed E-state index contributed by atoms with van der Waals surface area (Å²) in [6, 6.07) is 12.0. The molecule has 0 bridgehead atoms. The highest BCUT2D eigenvalue weighted by Crippen LogP contribution is 2.11. The second-order valence-electron chi connectivity index (χ2n) is 3.55. The summed E-state index contributed by atoms with van der Waals surface area (Å²) in [5, 5.41) is 4.33. The molecule has 0 saturated carbocycles. The van der Waals surface area contributed by atoms with Crippen LogP contribution in [0, 0.1) is 3.57 Å². The lowest BCUT2D eigenvalue weighted by molar-refractivity contribution is 1.29. The summed E-state index contributed by atoms with van der Waals surface area (Å²) < 4.78 is 1.21. The van der Waals surface area contributed by atoms with Gasteiger partial charge in [0.2, 0.25) is 0 Å². The molecule has 0 amide bonds. The maximum atomic E-state index is 4.33. The Morgan fingerprint density at radius 1 is 1.12 bits per heavy atom. The summed E-state index contributed by atoms with van der Waals surface area (Å²) in [5.74, 6) is 0. The van der Waals surface area contributed by atoms with Crippen LogP contribution in [0.15, 0.2) is 53.9 Å². The number of nitrogens with zero attached hydrogens (tertiary/aromatic N) is 2. The highest BCUT2D eigenvalue weighted by molar-refractivity contribution is 14.1. The Kier molecular flexibility index (Phi) is 4.08. The first-order chi connectivity index (χ1) is 8.25. The molecule has 0 spiro atoms. The number of hydrazone groups is 1. The van der Waals surface area contributed by atoms with Gasteiger partial charge in [-0.15, -0.1) is 0 Å². The zero-order valence-corrected chi connectivity index (χ0v) is 11.5. The lowest BCUT2D eigenvalue weighted by Crippen LogP contribution is -1.99. The van der Waals surface area contributed by atoms with Crippen molar-refractivity contribution in [2.75, 3.05) is 5.43 Å². The molecule has 3 nitrogen and oxygen atoms in total. The van der Waals surface area contributed by atoms with Crippen LogP contribution in [0.25, 0.3) is 0 Å². The van der Waals surface area contributed by atoms with Gasteiger partial charge in [-0.3, -0.25) is 10.4 Å². The third kappa shape index (κ3) is 3.52. The summed E-state index contributed by atoms with van der Waals surface area (Å²) in [6.45, 7) is 1.97. The maximum Gasteiger partial charge on any atom is 0.0649 e. The van der Waals surface area contributed by atoms with Crippen molar-refractivity contribution in [1.29, 1.82) is 0 Å². The van der Waals surface area contributed by atoms with Gasteiger partial charge in [-0.05, 0) is 65.9 Å². The number of pyridine rings is 1. The van der Waals surface area contributed by atoms with E-state index >= 15 is 0 Å². The quantitative estimate of drug-likeness (QED) is 0.529. The molecule has 0 radical (unpaired) electrons. The summed E-state index contributed by atoms with van der Waals surface area (Å²) >= 11 is 2.28. The van der Waals surface area contributed by atoms with Gasteiger partial charge < -0.3 is 0 Å². The lowest BCUT2D eigenvalue weighted by atomic mass is 10.2. The highest BCUT2D eigenvalue weighted by Gasteiger charge is 1.96. The van der Waals surface area contributed by atoms with Gasteiger partial charge >= 0.3 is 0 Å². The lowest BCUT2D eigenvalue weighted by Gasteiger charge is -2.03. The predicted molar refractivity (Wildman–Crippen MR) is 79.2 cm³/mol. The standard InChI is InChI=1S/C13H12IN3/c1-10(11-6-8-15-9-7-11)16-17-13-4-2-12(14)3-5-13/h2-9,17H,1H3. The van der Waals surface area contributed by atoms with Crippen molar-refractivity contribution in [2.45, 2.75) is 6.92 Å². The van der Waals surface area contributed by atoms with Gasteiger partial charge in [0.1, 0.15) is 0 Å². The molecule has 0 saturated heterocycles. The van der Waals surface area contributed by atoms with Gasteiger partial charge in [-0.25, -0.2) is 0 Å². The van der Waals surface area contributed by atoms with Gasteiger partial charge in [0.25, 0.3) is 0 Å². The van der Waals surface area contributed by atoms with Crippen LogP contribution in [-0.2, 0) is 0 Å². The van der Waals surface area contributed by atoms with E-state index in [1.165, 1.54) is 3.57 Å². The molecule has 1 aromatic heterocycles. The van der Waals surface area contributed by atoms with E-state index in [4.69, 9.17) is 0 Å². The average Bonchev–Trinajstić information content (AvgIpc) is 2.39. The molecule has 0 unspecified atom stereocenters. The Morgan fingerprint density at radius 3 is 2.41 bits per heavy atom. The fourth-order valence-electron chi connectivity index (χ4n) is 1.33. The third-order valence-corrected chi connectivity index (χ3v) is 3.01. The van der Waals surface area contributed by atoms with E-state index in [9.17, 15) is 0 Å².